The number of nitro benzene ring substituents is 1. The van der Waals surface area contributed by atoms with Crippen molar-refractivity contribution in [2.45, 2.75) is 5.92 Å². The molecule has 0 bridgehead atoms. The summed E-state index contributed by atoms with van der Waals surface area (Å²) in [5, 5.41) is 14.3. The third kappa shape index (κ3) is 2.53. The molecule has 0 fully saturated rings. The molecule has 2 aliphatic carbocycles. The molecule has 158 valence electrons. The topological polar surface area (TPSA) is 106 Å². The number of nitro groups is 1. The first kappa shape index (κ1) is 19.1. The van der Waals surface area contributed by atoms with E-state index in [0.717, 1.165) is 0 Å². The van der Waals surface area contributed by atoms with Crippen molar-refractivity contribution in [3.63, 3.8) is 0 Å². The summed E-state index contributed by atoms with van der Waals surface area (Å²) in [4.78, 5) is 51.2. The van der Waals surface area contributed by atoms with Crippen molar-refractivity contribution in [1.29, 1.82) is 0 Å². The molecule has 0 saturated carbocycles. The Balaban J connectivity index is 1.61. The number of hydrogen-bond acceptors (Lipinski definition) is 6. The Kier molecular flexibility index (Phi) is 3.85. The predicted molar refractivity (Wildman–Crippen MR) is 119 cm³/mol. The maximum absolute atomic E-state index is 13.6. The van der Waals surface area contributed by atoms with Crippen LogP contribution in [0.1, 0.15) is 48.1 Å². The third-order valence-electron chi connectivity index (χ3n) is 6.38. The van der Waals surface area contributed by atoms with E-state index in [1.165, 1.54) is 24.3 Å². The number of non-ortho nitro benzene ring substituents is 1. The highest BCUT2D eigenvalue weighted by atomic mass is 16.6. The Morgan fingerprint density at radius 2 is 1.12 bits per heavy atom. The number of carbonyl (C=O) groups excluding carboxylic acids is 3. The van der Waals surface area contributed by atoms with Gasteiger partial charge in [-0.3, -0.25) is 24.5 Å². The number of carbonyl (C=O) groups is 3. The molecule has 1 N–H and O–H groups in total. The maximum Gasteiger partial charge on any atom is 0.269 e. The molecule has 6 rings (SSSR count). The van der Waals surface area contributed by atoms with Gasteiger partial charge in [0.05, 0.1) is 16.3 Å². The Morgan fingerprint density at radius 3 is 1.70 bits per heavy atom. The Morgan fingerprint density at radius 1 is 0.636 bits per heavy atom. The number of fused-ring (bicyclic) bond motifs is 3. The first-order valence-electron chi connectivity index (χ1n) is 10.3. The van der Waals surface area contributed by atoms with E-state index in [1.54, 1.807) is 48.5 Å². The lowest BCUT2D eigenvalue weighted by Gasteiger charge is -2.33. The van der Waals surface area contributed by atoms with E-state index in [-0.39, 0.29) is 39.9 Å². The van der Waals surface area contributed by atoms with Crippen molar-refractivity contribution in [2.24, 2.45) is 0 Å². The summed E-state index contributed by atoms with van der Waals surface area (Å²) >= 11 is 0. The lowest BCUT2D eigenvalue weighted by molar-refractivity contribution is -0.384. The van der Waals surface area contributed by atoms with E-state index in [9.17, 15) is 24.5 Å². The normalized spacial score (nSPS) is 18.4. The van der Waals surface area contributed by atoms with Gasteiger partial charge in [0.2, 0.25) is 5.78 Å². The summed E-state index contributed by atoms with van der Waals surface area (Å²) in [5.41, 5.74) is 3.35. The quantitative estimate of drug-likeness (QED) is 0.478. The molecule has 7 heteroatoms. The fourth-order valence-corrected chi connectivity index (χ4v) is 4.90. The van der Waals surface area contributed by atoms with Crippen molar-refractivity contribution in [1.82, 2.24) is 5.32 Å². The van der Waals surface area contributed by atoms with E-state index in [4.69, 9.17) is 0 Å². The number of nitrogens with one attached hydrogen (secondary N) is 1. The molecule has 0 radical (unpaired) electrons. The van der Waals surface area contributed by atoms with Crippen LogP contribution in [-0.4, -0.2) is 22.3 Å². The largest absolute Gasteiger partial charge is 0.351 e. The monoisotopic (exact) mass is 434 g/mol. The number of benzene rings is 3. The second-order valence-corrected chi connectivity index (χ2v) is 8.06. The highest BCUT2D eigenvalue weighted by Crippen LogP contribution is 2.49. The molecule has 1 atom stereocenters. The molecule has 0 aromatic heterocycles. The molecule has 1 heterocycles. The van der Waals surface area contributed by atoms with Crippen molar-refractivity contribution in [2.75, 3.05) is 0 Å². The second-order valence-electron chi connectivity index (χ2n) is 8.06. The van der Waals surface area contributed by atoms with Crippen LogP contribution in [0, 0.1) is 10.1 Å². The number of Topliss-reactive ketones (excluding diaryl/α,β-unsaturated/α-hetero) is 3. The van der Waals surface area contributed by atoms with E-state index >= 15 is 0 Å². The minimum absolute atomic E-state index is 0.103. The zero-order valence-electron chi connectivity index (χ0n) is 17.0. The van der Waals surface area contributed by atoms with Crippen LogP contribution < -0.4 is 5.32 Å². The van der Waals surface area contributed by atoms with E-state index < -0.39 is 10.8 Å². The summed E-state index contributed by atoms with van der Waals surface area (Å²) in [6.07, 6.45) is 0. The van der Waals surface area contributed by atoms with Gasteiger partial charge in [0.1, 0.15) is 0 Å². The minimum Gasteiger partial charge on any atom is -0.351 e. The van der Waals surface area contributed by atoms with Gasteiger partial charge in [-0.05, 0) is 5.56 Å². The second kappa shape index (κ2) is 6.67. The number of allylic oxidation sites excluding steroid dienone is 3. The van der Waals surface area contributed by atoms with Gasteiger partial charge in [0, 0.05) is 51.5 Å². The van der Waals surface area contributed by atoms with Gasteiger partial charge in [0.15, 0.2) is 11.6 Å². The Bertz CT molecular complexity index is 1510. The predicted octanol–water partition coefficient (Wildman–Crippen LogP) is 4.22. The van der Waals surface area contributed by atoms with Gasteiger partial charge in [-0.25, -0.2) is 0 Å². The number of hydrogen-bond donors (Lipinski definition) is 1. The standard InChI is InChI=1S/C26H14N2O5/c29-24-16-6-2-1-5-15(16)22-20(24)19(13-9-11-14(12-10-13)28(32)33)21-23(27-22)26(31)18-8-4-3-7-17(18)25(21)30/h1-12,19,27H. The third-order valence-corrected chi connectivity index (χ3v) is 6.38. The summed E-state index contributed by atoms with van der Waals surface area (Å²) < 4.78 is 0. The number of ketones is 3. The fraction of sp³-hybridized carbons (Fsp3) is 0.0385. The van der Waals surface area contributed by atoms with Crippen LogP contribution in [-0.2, 0) is 0 Å². The number of dihydropyridines is 1. The molecule has 3 aromatic carbocycles. The lowest BCUT2D eigenvalue weighted by atomic mass is 9.73. The van der Waals surface area contributed by atoms with Crippen LogP contribution >= 0.6 is 0 Å². The molecule has 0 amide bonds. The summed E-state index contributed by atoms with van der Waals surface area (Å²) in [6.45, 7) is 0. The van der Waals surface area contributed by atoms with Gasteiger partial charge >= 0.3 is 0 Å². The smallest absolute Gasteiger partial charge is 0.269 e. The number of nitrogens with zero attached hydrogens (tertiary/aromatic N) is 1. The zero-order valence-corrected chi connectivity index (χ0v) is 17.0. The molecule has 1 aliphatic heterocycles. The summed E-state index contributed by atoms with van der Waals surface area (Å²) in [6, 6.07) is 19.4. The average Bonchev–Trinajstić information content (AvgIpc) is 3.13. The fourth-order valence-electron chi connectivity index (χ4n) is 4.90. The Labute approximate surface area is 187 Å². The van der Waals surface area contributed by atoms with Gasteiger partial charge in [0.25, 0.3) is 5.69 Å². The average molecular weight is 434 g/mol. The molecule has 3 aliphatic rings. The SMILES string of the molecule is O=C1C2=C(C(=O)c3ccccc31)C(c1ccc([N+](=O)[O-])cc1)C1=C(N2)c2ccccc2C1=O. The molecule has 3 aromatic rings. The van der Waals surface area contributed by atoms with E-state index in [0.29, 0.717) is 33.5 Å². The molecule has 7 nitrogen and oxygen atoms in total. The van der Waals surface area contributed by atoms with Gasteiger partial charge in [-0.15, -0.1) is 0 Å². The molecular formula is C26H14N2O5. The highest BCUT2D eigenvalue weighted by Gasteiger charge is 2.47. The van der Waals surface area contributed by atoms with Crippen LogP contribution in [0.25, 0.3) is 5.70 Å². The van der Waals surface area contributed by atoms with Gasteiger partial charge < -0.3 is 5.32 Å². The van der Waals surface area contributed by atoms with E-state index in [1.807, 2.05) is 0 Å². The molecule has 0 spiro atoms. The van der Waals surface area contributed by atoms with Crippen molar-refractivity contribution >= 4 is 28.7 Å². The summed E-state index contributed by atoms with van der Waals surface area (Å²) in [5.74, 6) is -1.73. The van der Waals surface area contributed by atoms with Crippen LogP contribution in [0.2, 0.25) is 0 Å². The molecule has 0 saturated heterocycles. The Hall–Kier alpha value is -4.65. The summed E-state index contributed by atoms with van der Waals surface area (Å²) in [7, 11) is 0. The van der Waals surface area contributed by atoms with Crippen LogP contribution in [0.3, 0.4) is 0 Å². The van der Waals surface area contributed by atoms with Crippen molar-refractivity contribution < 1.29 is 19.3 Å². The maximum atomic E-state index is 13.6. The van der Waals surface area contributed by atoms with Crippen molar-refractivity contribution in [3.8, 4) is 0 Å². The highest BCUT2D eigenvalue weighted by molar-refractivity contribution is 6.31. The molecular weight excluding hydrogens is 420 g/mol. The van der Waals surface area contributed by atoms with Crippen LogP contribution in [0.5, 0.6) is 0 Å². The first-order valence-corrected chi connectivity index (χ1v) is 10.3. The van der Waals surface area contributed by atoms with Crippen LogP contribution in [0.4, 0.5) is 5.69 Å². The molecule has 1 unspecified atom stereocenters. The number of rotatable bonds is 2. The van der Waals surface area contributed by atoms with Gasteiger partial charge in [-0.1, -0.05) is 60.7 Å². The zero-order chi connectivity index (χ0) is 22.9. The molecule has 33 heavy (non-hydrogen) atoms. The van der Waals surface area contributed by atoms with Crippen molar-refractivity contribution in [3.05, 3.63) is 128 Å². The minimum atomic E-state index is -0.832. The van der Waals surface area contributed by atoms with Crippen LogP contribution in [0.15, 0.2) is 89.6 Å². The van der Waals surface area contributed by atoms with E-state index in [2.05, 4.69) is 5.32 Å². The van der Waals surface area contributed by atoms with Gasteiger partial charge in [-0.2, -0.15) is 0 Å². The first-order chi connectivity index (χ1) is 16.0. The lowest BCUT2D eigenvalue weighted by Crippen LogP contribution is -2.36.